The predicted molar refractivity (Wildman–Crippen MR) is 63.6 cm³/mol. The molecule has 84 valence electrons. The lowest BCUT2D eigenvalue weighted by molar-refractivity contribution is 0.521. The average molecular weight is 247 g/mol. The Morgan fingerprint density at radius 1 is 1.47 bits per heavy atom. The highest BCUT2D eigenvalue weighted by Crippen LogP contribution is 2.33. The van der Waals surface area contributed by atoms with E-state index in [0.717, 1.165) is 35.7 Å². The molecule has 2 atom stereocenters. The first-order valence-corrected chi connectivity index (χ1v) is 6.21. The number of aromatic nitrogens is 2. The molecule has 0 spiro atoms. The van der Waals surface area contributed by atoms with Gasteiger partial charge in [0.2, 0.25) is 0 Å². The first-order valence-electron chi connectivity index (χ1n) is 5.40. The standard InChI is InChI=1S/C11H16Cl2N2/c1-7-11(13)10(15(2)14-7)6-8-3-4-9(12)5-8/h8-9H,3-6H2,1-2H3. The molecule has 2 nitrogen and oxygen atoms in total. The molecule has 4 heteroatoms. The van der Waals surface area contributed by atoms with Gasteiger partial charge in [-0.05, 0) is 38.5 Å². The van der Waals surface area contributed by atoms with E-state index in [1.165, 1.54) is 6.42 Å². The maximum absolute atomic E-state index is 6.21. The highest BCUT2D eigenvalue weighted by molar-refractivity contribution is 6.31. The molecule has 0 saturated heterocycles. The fourth-order valence-electron chi connectivity index (χ4n) is 2.37. The van der Waals surface area contributed by atoms with Crippen LogP contribution in [0.4, 0.5) is 0 Å². The van der Waals surface area contributed by atoms with Gasteiger partial charge in [0.25, 0.3) is 0 Å². The van der Waals surface area contributed by atoms with E-state index in [1.807, 2.05) is 18.7 Å². The number of halogens is 2. The topological polar surface area (TPSA) is 17.8 Å². The van der Waals surface area contributed by atoms with E-state index in [2.05, 4.69) is 5.10 Å². The zero-order valence-electron chi connectivity index (χ0n) is 9.13. The number of alkyl halides is 1. The van der Waals surface area contributed by atoms with Crippen molar-refractivity contribution in [1.82, 2.24) is 9.78 Å². The third-order valence-corrected chi connectivity index (χ3v) is 4.11. The van der Waals surface area contributed by atoms with Gasteiger partial charge in [-0.3, -0.25) is 4.68 Å². The fraction of sp³-hybridized carbons (Fsp3) is 0.727. The molecule has 1 heterocycles. The first-order chi connectivity index (χ1) is 7.08. The molecule has 2 rings (SSSR count). The summed E-state index contributed by atoms with van der Waals surface area (Å²) in [6, 6.07) is 0. The second-order valence-corrected chi connectivity index (χ2v) is 5.45. The third kappa shape index (κ3) is 2.31. The van der Waals surface area contributed by atoms with Gasteiger partial charge in [0.05, 0.1) is 16.4 Å². The molecule has 2 unspecified atom stereocenters. The molecule has 15 heavy (non-hydrogen) atoms. The predicted octanol–water partition coefficient (Wildman–Crippen LogP) is 3.33. The number of rotatable bonds is 2. The highest BCUT2D eigenvalue weighted by Gasteiger charge is 2.25. The summed E-state index contributed by atoms with van der Waals surface area (Å²) in [5.74, 6) is 0.680. The number of aryl methyl sites for hydroxylation is 2. The van der Waals surface area contributed by atoms with Crippen LogP contribution in [0.3, 0.4) is 0 Å². The van der Waals surface area contributed by atoms with Crippen molar-refractivity contribution in [3.05, 3.63) is 16.4 Å². The van der Waals surface area contributed by atoms with Crippen LogP contribution in [0.15, 0.2) is 0 Å². The molecule has 0 aliphatic heterocycles. The number of hydrogen-bond acceptors (Lipinski definition) is 1. The summed E-state index contributed by atoms with van der Waals surface area (Å²) in [5.41, 5.74) is 2.08. The van der Waals surface area contributed by atoms with E-state index in [9.17, 15) is 0 Å². The Morgan fingerprint density at radius 2 is 2.20 bits per heavy atom. The molecular formula is C11H16Cl2N2. The SMILES string of the molecule is Cc1nn(C)c(CC2CCC(Cl)C2)c1Cl. The molecule has 1 saturated carbocycles. The molecule has 1 aliphatic rings. The number of hydrogen-bond donors (Lipinski definition) is 0. The summed E-state index contributed by atoms with van der Waals surface area (Å²) in [6.45, 7) is 1.95. The van der Waals surface area contributed by atoms with Crippen LogP contribution in [0.5, 0.6) is 0 Å². The monoisotopic (exact) mass is 246 g/mol. The van der Waals surface area contributed by atoms with Crippen molar-refractivity contribution in [2.75, 3.05) is 0 Å². The van der Waals surface area contributed by atoms with Crippen LogP contribution >= 0.6 is 23.2 Å². The normalized spacial score (nSPS) is 26.1. The van der Waals surface area contributed by atoms with Gasteiger partial charge in [0.15, 0.2) is 0 Å². The molecular weight excluding hydrogens is 231 g/mol. The summed E-state index contributed by atoms with van der Waals surface area (Å²) in [5, 5.41) is 5.52. The molecule has 0 amide bonds. The Labute approximate surface area is 101 Å². The van der Waals surface area contributed by atoms with Gasteiger partial charge in [-0.15, -0.1) is 11.6 Å². The molecule has 0 radical (unpaired) electrons. The Morgan fingerprint density at radius 3 is 2.67 bits per heavy atom. The van der Waals surface area contributed by atoms with Crippen molar-refractivity contribution in [2.45, 2.75) is 38.0 Å². The lowest BCUT2D eigenvalue weighted by Crippen LogP contribution is -2.06. The van der Waals surface area contributed by atoms with Gasteiger partial charge in [0, 0.05) is 12.4 Å². The van der Waals surface area contributed by atoms with E-state index in [4.69, 9.17) is 23.2 Å². The van der Waals surface area contributed by atoms with Crippen molar-refractivity contribution in [3.63, 3.8) is 0 Å². The summed E-state index contributed by atoms with van der Waals surface area (Å²) < 4.78 is 1.90. The summed E-state index contributed by atoms with van der Waals surface area (Å²) in [6.07, 6.45) is 4.48. The Balaban J connectivity index is 2.10. The lowest BCUT2D eigenvalue weighted by Gasteiger charge is -2.09. The molecule has 0 N–H and O–H groups in total. The quantitative estimate of drug-likeness (QED) is 0.733. The first kappa shape index (κ1) is 11.3. The van der Waals surface area contributed by atoms with Crippen molar-refractivity contribution < 1.29 is 0 Å². The maximum atomic E-state index is 6.21. The van der Waals surface area contributed by atoms with Crippen LogP contribution in [0.2, 0.25) is 5.02 Å². The molecule has 1 aromatic rings. The van der Waals surface area contributed by atoms with Crippen LogP contribution in [-0.4, -0.2) is 15.2 Å². The van der Waals surface area contributed by atoms with Gasteiger partial charge in [0.1, 0.15) is 0 Å². The highest BCUT2D eigenvalue weighted by atomic mass is 35.5. The van der Waals surface area contributed by atoms with Crippen LogP contribution in [0.1, 0.15) is 30.7 Å². The van der Waals surface area contributed by atoms with Crippen LogP contribution in [-0.2, 0) is 13.5 Å². The molecule has 1 aromatic heterocycles. The van der Waals surface area contributed by atoms with Crippen LogP contribution in [0.25, 0.3) is 0 Å². The van der Waals surface area contributed by atoms with E-state index in [-0.39, 0.29) is 0 Å². The minimum Gasteiger partial charge on any atom is -0.271 e. The molecule has 0 aromatic carbocycles. The van der Waals surface area contributed by atoms with E-state index < -0.39 is 0 Å². The van der Waals surface area contributed by atoms with Gasteiger partial charge in [-0.25, -0.2) is 0 Å². The van der Waals surface area contributed by atoms with E-state index >= 15 is 0 Å². The van der Waals surface area contributed by atoms with Gasteiger partial charge >= 0.3 is 0 Å². The lowest BCUT2D eigenvalue weighted by atomic mass is 10.0. The van der Waals surface area contributed by atoms with Crippen molar-refractivity contribution >= 4 is 23.2 Å². The van der Waals surface area contributed by atoms with Gasteiger partial charge in [-0.1, -0.05) is 11.6 Å². The van der Waals surface area contributed by atoms with Crippen molar-refractivity contribution in [3.8, 4) is 0 Å². The van der Waals surface area contributed by atoms with E-state index in [1.54, 1.807) is 0 Å². The smallest absolute Gasteiger partial charge is 0.0847 e. The molecule has 0 bridgehead atoms. The Hall–Kier alpha value is -0.210. The maximum Gasteiger partial charge on any atom is 0.0847 e. The van der Waals surface area contributed by atoms with Crippen LogP contribution in [0, 0.1) is 12.8 Å². The Kier molecular flexibility index (Phi) is 3.27. The zero-order chi connectivity index (χ0) is 11.0. The summed E-state index contributed by atoms with van der Waals surface area (Å²) >= 11 is 12.3. The number of nitrogens with zero attached hydrogens (tertiary/aromatic N) is 2. The zero-order valence-corrected chi connectivity index (χ0v) is 10.6. The Bertz CT molecular complexity index is 360. The minimum atomic E-state index is 0.364. The largest absolute Gasteiger partial charge is 0.271 e. The minimum absolute atomic E-state index is 0.364. The second kappa shape index (κ2) is 4.34. The van der Waals surface area contributed by atoms with Crippen LogP contribution < -0.4 is 0 Å². The second-order valence-electron chi connectivity index (χ2n) is 4.45. The van der Waals surface area contributed by atoms with Gasteiger partial charge < -0.3 is 0 Å². The summed E-state index contributed by atoms with van der Waals surface area (Å²) in [7, 11) is 1.96. The van der Waals surface area contributed by atoms with Crippen molar-refractivity contribution in [1.29, 1.82) is 0 Å². The van der Waals surface area contributed by atoms with Crippen molar-refractivity contribution in [2.24, 2.45) is 13.0 Å². The summed E-state index contributed by atoms with van der Waals surface area (Å²) in [4.78, 5) is 0. The molecule has 1 fully saturated rings. The molecule has 1 aliphatic carbocycles. The fourth-order valence-corrected chi connectivity index (χ4v) is 2.99. The third-order valence-electron chi connectivity index (χ3n) is 3.22. The van der Waals surface area contributed by atoms with E-state index in [0.29, 0.717) is 11.3 Å². The average Bonchev–Trinajstić information content (AvgIpc) is 2.67. The van der Waals surface area contributed by atoms with Gasteiger partial charge in [-0.2, -0.15) is 5.10 Å².